The second-order valence-corrected chi connectivity index (χ2v) is 6.85. The normalized spacial score (nSPS) is 11.4. The third-order valence-corrected chi connectivity index (χ3v) is 4.76. The van der Waals surface area contributed by atoms with Crippen molar-refractivity contribution >= 4 is 11.8 Å². The number of hydrogen-bond donors (Lipinski definition) is 1. The Bertz CT molecular complexity index is 960. The Morgan fingerprint density at radius 1 is 1.00 bits per heavy atom. The summed E-state index contributed by atoms with van der Waals surface area (Å²) >= 11 is 0. The number of amides is 2. The Morgan fingerprint density at radius 2 is 1.70 bits per heavy atom. The summed E-state index contributed by atoms with van der Waals surface area (Å²) in [6.07, 6.45) is 1.68. The molecule has 0 aliphatic rings. The second kappa shape index (κ2) is 10.2. The fourth-order valence-corrected chi connectivity index (χ4v) is 3.20. The molecular weight excluding hydrogens is 378 g/mol. The maximum Gasteiger partial charge on any atom is 0.247 e. The molecule has 1 aromatic heterocycles. The number of carbonyl (C=O) groups is 2. The zero-order chi connectivity index (χ0) is 21.3. The lowest BCUT2D eigenvalue weighted by Crippen LogP contribution is -2.42. The monoisotopic (exact) mass is 403 g/mol. The third kappa shape index (κ3) is 5.44. The molecule has 6 nitrogen and oxygen atoms in total. The first-order chi connectivity index (χ1) is 14.6. The van der Waals surface area contributed by atoms with Gasteiger partial charge >= 0.3 is 0 Å². The Labute approximate surface area is 176 Å². The summed E-state index contributed by atoms with van der Waals surface area (Å²) in [6.45, 7) is 2.07. The molecule has 0 saturated heterocycles. The van der Waals surface area contributed by atoms with Gasteiger partial charge in [-0.3, -0.25) is 14.6 Å². The Morgan fingerprint density at radius 3 is 2.30 bits per heavy atom. The quantitative estimate of drug-likeness (QED) is 0.625. The van der Waals surface area contributed by atoms with E-state index in [1.165, 1.54) is 6.92 Å². The van der Waals surface area contributed by atoms with E-state index in [9.17, 15) is 9.59 Å². The van der Waals surface area contributed by atoms with Gasteiger partial charge in [-0.2, -0.15) is 0 Å². The van der Waals surface area contributed by atoms with Gasteiger partial charge in [-0.05, 0) is 35.4 Å². The molecule has 0 aliphatic carbocycles. The van der Waals surface area contributed by atoms with Crippen LogP contribution in [0.1, 0.15) is 29.8 Å². The van der Waals surface area contributed by atoms with Gasteiger partial charge in [-0.25, -0.2) is 0 Å². The van der Waals surface area contributed by atoms with Gasteiger partial charge in [-0.15, -0.1) is 0 Å². The van der Waals surface area contributed by atoms with E-state index < -0.39 is 6.04 Å². The second-order valence-electron chi connectivity index (χ2n) is 6.85. The number of hydrogen-bond acceptors (Lipinski definition) is 4. The van der Waals surface area contributed by atoms with Crippen LogP contribution >= 0.6 is 0 Å². The number of benzene rings is 2. The molecule has 154 valence electrons. The van der Waals surface area contributed by atoms with E-state index in [1.54, 1.807) is 18.2 Å². The molecule has 3 aromatic rings. The molecule has 0 saturated carbocycles. The van der Waals surface area contributed by atoms with Crippen LogP contribution in [0.4, 0.5) is 0 Å². The predicted molar refractivity (Wildman–Crippen MR) is 114 cm³/mol. The van der Waals surface area contributed by atoms with Crippen molar-refractivity contribution in [2.24, 2.45) is 0 Å². The standard InChI is InChI=1S/C24H25N3O3/c1-18(28)27(17-19-11-13-22(30-2)14-12-19)23(20-8-4-3-5-9-20)24(29)26-16-21-10-6-7-15-25-21/h3-15,23H,16-17H2,1-2H3,(H,26,29)/t23-/m0/s1. The molecule has 1 heterocycles. The van der Waals surface area contributed by atoms with E-state index in [-0.39, 0.29) is 18.4 Å². The predicted octanol–water partition coefficient (Wildman–Crippen LogP) is 3.50. The van der Waals surface area contributed by atoms with Crippen LogP contribution in [0.15, 0.2) is 79.0 Å². The summed E-state index contributed by atoms with van der Waals surface area (Å²) < 4.78 is 5.20. The largest absolute Gasteiger partial charge is 0.497 e. The molecule has 1 atom stereocenters. The molecule has 2 aromatic carbocycles. The SMILES string of the molecule is COc1ccc(CN(C(C)=O)[C@H](C(=O)NCc2ccccn2)c2ccccc2)cc1. The van der Waals surface area contributed by atoms with Crippen LogP contribution in [-0.2, 0) is 22.7 Å². The summed E-state index contributed by atoms with van der Waals surface area (Å²) in [6, 6.07) is 21.6. The zero-order valence-electron chi connectivity index (χ0n) is 17.1. The van der Waals surface area contributed by atoms with Crippen molar-refractivity contribution in [1.82, 2.24) is 15.2 Å². The van der Waals surface area contributed by atoms with Crippen molar-refractivity contribution in [2.75, 3.05) is 7.11 Å². The molecule has 0 aliphatic heterocycles. The minimum atomic E-state index is -0.755. The lowest BCUT2D eigenvalue weighted by molar-refractivity contribution is -0.140. The summed E-state index contributed by atoms with van der Waals surface area (Å²) in [5.41, 5.74) is 2.41. The number of rotatable bonds is 8. The van der Waals surface area contributed by atoms with Gasteiger partial charge in [0.05, 0.1) is 19.3 Å². The van der Waals surface area contributed by atoms with Gasteiger partial charge in [0.15, 0.2) is 0 Å². The van der Waals surface area contributed by atoms with Crippen molar-refractivity contribution in [3.05, 3.63) is 95.8 Å². The molecule has 6 heteroatoms. The van der Waals surface area contributed by atoms with Crippen LogP contribution in [0.3, 0.4) is 0 Å². The average molecular weight is 403 g/mol. The number of pyridine rings is 1. The first-order valence-corrected chi connectivity index (χ1v) is 9.71. The number of nitrogens with zero attached hydrogens (tertiary/aromatic N) is 2. The molecule has 1 N–H and O–H groups in total. The van der Waals surface area contributed by atoms with E-state index in [0.717, 1.165) is 22.6 Å². The lowest BCUT2D eigenvalue weighted by atomic mass is 10.0. The maximum atomic E-state index is 13.2. The first-order valence-electron chi connectivity index (χ1n) is 9.71. The molecule has 30 heavy (non-hydrogen) atoms. The topological polar surface area (TPSA) is 71.5 Å². The molecule has 0 unspecified atom stereocenters. The Hall–Kier alpha value is -3.67. The Kier molecular flexibility index (Phi) is 7.16. The van der Waals surface area contributed by atoms with Crippen LogP contribution in [0.25, 0.3) is 0 Å². The number of carbonyl (C=O) groups excluding carboxylic acids is 2. The first kappa shape index (κ1) is 21.0. The van der Waals surface area contributed by atoms with Crippen LogP contribution < -0.4 is 10.1 Å². The summed E-state index contributed by atoms with van der Waals surface area (Å²) in [5, 5.41) is 2.92. The van der Waals surface area contributed by atoms with Crippen molar-refractivity contribution in [2.45, 2.75) is 26.1 Å². The van der Waals surface area contributed by atoms with Gasteiger partial charge in [0.2, 0.25) is 11.8 Å². The van der Waals surface area contributed by atoms with Gasteiger partial charge in [0, 0.05) is 19.7 Å². The van der Waals surface area contributed by atoms with Gasteiger partial charge < -0.3 is 15.0 Å². The number of ether oxygens (including phenoxy) is 1. The van der Waals surface area contributed by atoms with Crippen LogP contribution in [-0.4, -0.2) is 28.8 Å². The van der Waals surface area contributed by atoms with Crippen LogP contribution in [0.2, 0.25) is 0 Å². The third-order valence-electron chi connectivity index (χ3n) is 4.76. The molecule has 0 fully saturated rings. The average Bonchev–Trinajstić information content (AvgIpc) is 2.79. The van der Waals surface area contributed by atoms with E-state index in [0.29, 0.717) is 6.54 Å². The van der Waals surface area contributed by atoms with Crippen molar-refractivity contribution < 1.29 is 14.3 Å². The minimum Gasteiger partial charge on any atom is -0.497 e. The number of aromatic nitrogens is 1. The molecule has 0 radical (unpaired) electrons. The summed E-state index contributed by atoms with van der Waals surface area (Å²) in [4.78, 5) is 31.6. The highest BCUT2D eigenvalue weighted by atomic mass is 16.5. The van der Waals surface area contributed by atoms with Gasteiger partial charge in [0.1, 0.15) is 11.8 Å². The molecule has 3 rings (SSSR count). The summed E-state index contributed by atoms with van der Waals surface area (Å²) in [7, 11) is 1.61. The molecular formula is C24H25N3O3. The van der Waals surface area contributed by atoms with E-state index >= 15 is 0 Å². The zero-order valence-corrected chi connectivity index (χ0v) is 17.1. The van der Waals surface area contributed by atoms with E-state index in [1.807, 2.05) is 72.8 Å². The summed E-state index contributed by atoms with van der Waals surface area (Å²) in [5.74, 6) is 0.295. The molecule has 0 bridgehead atoms. The smallest absolute Gasteiger partial charge is 0.247 e. The highest BCUT2D eigenvalue weighted by molar-refractivity contribution is 5.88. The fourth-order valence-electron chi connectivity index (χ4n) is 3.20. The van der Waals surface area contributed by atoms with Crippen molar-refractivity contribution in [3.8, 4) is 5.75 Å². The van der Waals surface area contributed by atoms with Gasteiger partial charge in [-0.1, -0.05) is 48.5 Å². The highest BCUT2D eigenvalue weighted by Crippen LogP contribution is 2.24. The molecule has 0 spiro atoms. The van der Waals surface area contributed by atoms with Crippen molar-refractivity contribution in [1.29, 1.82) is 0 Å². The minimum absolute atomic E-state index is 0.187. The maximum absolute atomic E-state index is 13.2. The number of methoxy groups -OCH3 is 1. The Balaban J connectivity index is 1.86. The van der Waals surface area contributed by atoms with E-state index in [4.69, 9.17) is 4.74 Å². The fraction of sp³-hybridized carbons (Fsp3) is 0.208. The highest BCUT2D eigenvalue weighted by Gasteiger charge is 2.29. The lowest BCUT2D eigenvalue weighted by Gasteiger charge is -2.30. The van der Waals surface area contributed by atoms with Crippen molar-refractivity contribution in [3.63, 3.8) is 0 Å². The van der Waals surface area contributed by atoms with Gasteiger partial charge in [0.25, 0.3) is 0 Å². The van der Waals surface area contributed by atoms with E-state index in [2.05, 4.69) is 10.3 Å². The number of nitrogens with one attached hydrogen (secondary N) is 1. The van der Waals surface area contributed by atoms with Crippen LogP contribution in [0.5, 0.6) is 5.75 Å². The molecule has 2 amide bonds. The van der Waals surface area contributed by atoms with Crippen LogP contribution in [0, 0.1) is 0 Å².